The molecule has 0 heterocycles. The van der Waals surface area contributed by atoms with E-state index < -0.39 is 0 Å². The fourth-order valence-electron chi connectivity index (χ4n) is 1.53. The predicted octanol–water partition coefficient (Wildman–Crippen LogP) is 4.45. The lowest BCUT2D eigenvalue weighted by Gasteiger charge is -2.05. The predicted molar refractivity (Wildman–Crippen MR) is 61.6 cm³/mol. The van der Waals surface area contributed by atoms with E-state index in [2.05, 4.69) is 0 Å². The minimum absolute atomic E-state index is 0.268. The molecule has 2 aromatic carbocycles. The van der Waals surface area contributed by atoms with Gasteiger partial charge in [-0.25, -0.2) is 4.39 Å². The molecule has 0 saturated heterocycles. The molecule has 0 fully saturated rings. The van der Waals surface area contributed by atoms with Crippen molar-refractivity contribution in [3.63, 3.8) is 0 Å². The standard InChI is InChI=1S/C13H10ClF/c1-9-3-2-4-10(7-9)12-8-11(15)5-6-13(12)14/h2-8H,1H3. The Morgan fingerprint density at radius 2 is 1.87 bits per heavy atom. The lowest BCUT2D eigenvalue weighted by Crippen LogP contribution is -1.83. The van der Waals surface area contributed by atoms with Gasteiger partial charge in [0.05, 0.1) is 0 Å². The van der Waals surface area contributed by atoms with E-state index in [1.807, 2.05) is 31.2 Å². The van der Waals surface area contributed by atoms with E-state index in [1.165, 1.54) is 12.1 Å². The van der Waals surface area contributed by atoms with Gasteiger partial charge in [0.1, 0.15) is 5.82 Å². The van der Waals surface area contributed by atoms with Crippen molar-refractivity contribution in [3.8, 4) is 11.1 Å². The maximum Gasteiger partial charge on any atom is 0.123 e. The fraction of sp³-hybridized carbons (Fsp3) is 0.0769. The molecule has 0 atom stereocenters. The largest absolute Gasteiger partial charge is 0.207 e. The summed E-state index contributed by atoms with van der Waals surface area (Å²) in [6.45, 7) is 2.00. The van der Waals surface area contributed by atoms with E-state index >= 15 is 0 Å². The van der Waals surface area contributed by atoms with E-state index in [0.29, 0.717) is 5.02 Å². The molecule has 0 radical (unpaired) electrons. The van der Waals surface area contributed by atoms with Gasteiger partial charge in [-0.1, -0.05) is 41.4 Å². The zero-order valence-electron chi connectivity index (χ0n) is 8.30. The highest BCUT2D eigenvalue weighted by atomic mass is 35.5. The molecule has 2 aromatic rings. The highest BCUT2D eigenvalue weighted by molar-refractivity contribution is 6.33. The van der Waals surface area contributed by atoms with Gasteiger partial charge in [-0.15, -0.1) is 0 Å². The summed E-state index contributed by atoms with van der Waals surface area (Å²) in [6.07, 6.45) is 0. The van der Waals surface area contributed by atoms with Gasteiger partial charge >= 0.3 is 0 Å². The zero-order chi connectivity index (χ0) is 10.8. The first-order valence-corrected chi connectivity index (χ1v) is 5.07. The van der Waals surface area contributed by atoms with Gasteiger partial charge < -0.3 is 0 Å². The summed E-state index contributed by atoms with van der Waals surface area (Å²) in [4.78, 5) is 0. The molecule has 0 N–H and O–H groups in total. The minimum Gasteiger partial charge on any atom is -0.207 e. The van der Waals surface area contributed by atoms with Crippen molar-refractivity contribution in [2.24, 2.45) is 0 Å². The average Bonchev–Trinajstić information content (AvgIpc) is 2.22. The van der Waals surface area contributed by atoms with Crippen LogP contribution in [0.5, 0.6) is 0 Å². The molecule has 0 amide bonds. The second-order valence-electron chi connectivity index (χ2n) is 3.49. The van der Waals surface area contributed by atoms with Crippen molar-refractivity contribution in [1.29, 1.82) is 0 Å². The lowest BCUT2D eigenvalue weighted by molar-refractivity contribution is 0.628. The van der Waals surface area contributed by atoms with Gasteiger partial charge in [0.15, 0.2) is 0 Å². The van der Waals surface area contributed by atoms with E-state index in [4.69, 9.17) is 11.6 Å². The van der Waals surface area contributed by atoms with Crippen LogP contribution in [0.25, 0.3) is 11.1 Å². The molecular weight excluding hydrogens is 211 g/mol. The summed E-state index contributed by atoms with van der Waals surface area (Å²) < 4.78 is 13.1. The number of hydrogen-bond acceptors (Lipinski definition) is 0. The van der Waals surface area contributed by atoms with Crippen LogP contribution in [0.1, 0.15) is 5.56 Å². The fourth-order valence-corrected chi connectivity index (χ4v) is 1.76. The van der Waals surface area contributed by atoms with Crippen molar-refractivity contribution in [3.05, 3.63) is 58.9 Å². The monoisotopic (exact) mass is 220 g/mol. The maximum absolute atomic E-state index is 13.1. The quantitative estimate of drug-likeness (QED) is 0.666. The summed E-state index contributed by atoms with van der Waals surface area (Å²) in [5.74, 6) is -0.268. The van der Waals surface area contributed by atoms with Gasteiger partial charge in [0.2, 0.25) is 0 Å². The normalized spacial score (nSPS) is 10.3. The Morgan fingerprint density at radius 3 is 2.60 bits per heavy atom. The van der Waals surface area contributed by atoms with Gasteiger partial charge in [-0.3, -0.25) is 0 Å². The molecule has 0 nitrogen and oxygen atoms in total. The van der Waals surface area contributed by atoms with Crippen LogP contribution in [0, 0.1) is 12.7 Å². The van der Waals surface area contributed by atoms with Crippen molar-refractivity contribution >= 4 is 11.6 Å². The second-order valence-corrected chi connectivity index (χ2v) is 3.90. The van der Waals surface area contributed by atoms with Gasteiger partial charge in [-0.2, -0.15) is 0 Å². The molecule has 0 aromatic heterocycles. The van der Waals surface area contributed by atoms with Gasteiger partial charge in [-0.05, 0) is 30.7 Å². The Hall–Kier alpha value is -1.34. The van der Waals surface area contributed by atoms with Crippen LogP contribution >= 0.6 is 11.6 Å². The Balaban J connectivity index is 2.58. The Labute approximate surface area is 93.3 Å². The molecular formula is C13H10ClF. The second kappa shape index (κ2) is 4.03. The van der Waals surface area contributed by atoms with Crippen LogP contribution in [-0.4, -0.2) is 0 Å². The average molecular weight is 221 g/mol. The number of halogens is 2. The van der Waals surface area contributed by atoms with Crippen LogP contribution in [0.4, 0.5) is 4.39 Å². The smallest absolute Gasteiger partial charge is 0.123 e. The maximum atomic E-state index is 13.1. The van der Waals surface area contributed by atoms with E-state index in [9.17, 15) is 4.39 Å². The summed E-state index contributed by atoms with van der Waals surface area (Å²) in [5.41, 5.74) is 2.81. The van der Waals surface area contributed by atoms with Crippen LogP contribution in [0.3, 0.4) is 0 Å². The first kappa shape index (κ1) is 10.2. The summed E-state index contributed by atoms with van der Waals surface area (Å²) in [6, 6.07) is 12.2. The molecule has 15 heavy (non-hydrogen) atoms. The number of aryl methyl sites for hydroxylation is 1. The molecule has 0 unspecified atom stereocenters. The van der Waals surface area contributed by atoms with E-state index in [1.54, 1.807) is 6.07 Å². The highest BCUT2D eigenvalue weighted by Crippen LogP contribution is 2.28. The molecule has 0 aliphatic rings. The van der Waals surface area contributed by atoms with Crippen molar-refractivity contribution in [1.82, 2.24) is 0 Å². The highest BCUT2D eigenvalue weighted by Gasteiger charge is 2.04. The third kappa shape index (κ3) is 2.18. The summed E-state index contributed by atoms with van der Waals surface area (Å²) >= 11 is 6.02. The SMILES string of the molecule is Cc1cccc(-c2cc(F)ccc2Cl)c1. The Bertz CT molecular complexity index is 492. The molecule has 0 aliphatic carbocycles. The first-order valence-electron chi connectivity index (χ1n) is 4.69. The zero-order valence-corrected chi connectivity index (χ0v) is 9.05. The van der Waals surface area contributed by atoms with Crippen LogP contribution < -0.4 is 0 Å². The molecule has 2 heteroatoms. The Kier molecular flexibility index (Phi) is 2.74. The van der Waals surface area contributed by atoms with Crippen molar-refractivity contribution in [2.45, 2.75) is 6.92 Å². The lowest BCUT2D eigenvalue weighted by atomic mass is 10.0. The molecule has 2 rings (SSSR count). The third-order valence-electron chi connectivity index (χ3n) is 2.26. The van der Waals surface area contributed by atoms with E-state index in [0.717, 1.165) is 16.7 Å². The number of benzene rings is 2. The summed E-state index contributed by atoms with van der Waals surface area (Å²) in [5, 5.41) is 0.571. The number of hydrogen-bond donors (Lipinski definition) is 0. The third-order valence-corrected chi connectivity index (χ3v) is 2.59. The molecule has 76 valence electrons. The van der Waals surface area contributed by atoms with Gasteiger partial charge in [0, 0.05) is 10.6 Å². The molecule has 0 aliphatic heterocycles. The first-order chi connectivity index (χ1) is 7.16. The van der Waals surface area contributed by atoms with Crippen LogP contribution in [-0.2, 0) is 0 Å². The van der Waals surface area contributed by atoms with Crippen LogP contribution in [0.2, 0.25) is 5.02 Å². The van der Waals surface area contributed by atoms with Crippen LogP contribution in [0.15, 0.2) is 42.5 Å². The van der Waals surface area contributed by atoms with Gasteiger partial charge in [0.25, 0.3) is 0 Å². The molecule has 0 bridgehead atoms. The van der Waals surface area contributed by atoms with E-state index in [-0.39, 0.29) is 5.82 Å². The van der Waals surface area contributed by atoms with Crippen molar-refractivity contribution in [2.75, 3.05) is 0 Å². The molecule has 0 saturated carbocycles. The number of rotatable bonds is 1. The molecule has 0 spiro atoms. The minimum atomic E-state index is -0.268. The summed E-state index contributed by atoms with van der Waals surface area (Å²) in [7, 11) is 0. The van der Waals surface area contributed by atoms with Crippen molar-refractivity contribution < 1.29 is 4.39 Å². The topological polar surface area (TPSA) is 0 Å². The Morgan fingerprint density at radius 1 is 1.07 bits per heavy atom.